The maximum absolute atomic E-state index is 13.8. The first-order valence-electron chi connectivity index (χ1n) is 10.6. The summed E-state index contributed by atoms with van der Waals surface area (Å²) in [7, 11) is 3.12. The molecule has 1 aliphatic heterocycles. The molecule has 1 aliphatic rings. The van der Waals surface area contributed by atoms with Crippen LogP contribution in [0.2, 0.25) is 0 Å². The van der Waals surface area contributed by atoms with E-state index >= 15 is 0 Å². The van der Waals surface area contributed by atoms with Crippen LogP contribution in [-0.4, -0.2) is 44.2 Å². The zero-order chi connectivity index (χ0) is 24.1. The third-order valence-corrected chi connectivity index (χ3v) is 5.72. The van der Waals surface area contributed by atoms with Crippen molar-refractivity contribution in [3.63, 3.8) is 0 Å². The van der Waals surface area contributed by atoms with Gasteiger partial charge in [0.1, 0.15) is 23.9 Å². The van der Waals surface area contributed by atoms with Gasteiger partial charge in [-0.15, -0.1) is 0 Å². The lowest BCUT2D eigenvalue weighted by Gasteiger charge is -2.28. The Balaban J connectivity index is 1.61. The molecule has 0 saturated carbocycles. The molecule has 3 aromatic rings. The molecule has 1 heterocycles. The van der Waals surface area contributed by atoms with E-state index in [9.17, 15) is 9.59 Å². The Morgan fingerprint density at radius 1 is 0.824 bits per heavy atom. The van der Waals surface area contributed by atoms with Gasteiger partial charge >= 0.3 is 6.03 Å². The zero-order valence-electron chi connectivity index (χ0n) is 18.8. The number of nitriles is 1. The fourth-order valence-electron chi connectivity index (χ4n) is 3.90. The van der Waals surface area contributed by atoms with Crippen LogP contribution in [0.5, 0.6) is 17.2 Å². The van der Waals surface area contributed by atoms with Gasteiger partial charge in [0.25, 0.3) is 5.91 Å². The highest BCUT2D eigenvalue weighted by Gasteiger charge is 2.53. The number of nitrogens with zero attached hydrogens (tertiary/aromatic N) is 2. The summed E-state index contributed by atoms with van der Waals surface area (Å²) in [5.41, 5.74) is 0.328. The Morgan fingerprint density at radius 3 is 1.79 bits per heavy atom. The van der Waals surface area contributed by atoms with Crippen LogP contribution in [0, 0.1) is 11.3 Å². The number of hydrogen-bond donors (Lipinski definition) is 1. The van der Waals surface area contributed by atoms with E-state index in [1.807, 2.05) is 6.07 Å². The highest BCUT2D eigenvalue weighted by Crippen LogP contribution is 2.37. The van der Waals surface area contributed by atoms with Crippen molar-refractivity contribution < 1.29 is 23.8 Å². The van der Waals surface area contributed by atoms with Crippen LogP contribution in [-0.2, 0) is 10.3 Å². The van der Waals surface area contributed by atoms with Gasteiger partial charge in [0.2, 0.25) is 0 Å². The largest absolute Gasteiger partial charge is 0.497 e. The van der Waals surface area contributed by atoms with Crippen molar-refractivity contribution in [1.82, 2.24) is 10.2 Å². The average molecular weight is 457 g/mol. The number of nitrogens with one attached hydrogen (secondary N) is 1. The van der Waals surface area contributed by atoms with Gasteiger partial charge in [-0.2, -0.15) is 5.26 Å². The summed E-state index contributed by atoms with van der Waals surface area (Å²) in [4.78, 5) is 27.9. The maximum Gasteiger partial charge on any atom is 0.325 e. The second kappa shape index (κ2) is 9.55. The van der Waals surface area contributed by atoms with Crippen molar-refractivity contribution in [3.8, 4) is 23.3 Å². The first-order chi connectivity index (χ1) is 16.5. The Labute approximate surface area is 197 Å². The normalized spacial score (nSPS) is 14.3. The summed E-state index contributed by atoms with van der Waals surface area (Å²) in [5.74, 6) is 1.41. The third-order valence-electron chi connectivity index (χ3n) is 5.72. The fourth-order valence-corrected chi connectivity index (χ4v) is 3.90. The van der Waals surface area contributed by atoms with E-state index in [4.69, 9.17) is 19.5 Å². The maximum atomic E-state index is 13.8. The van der Waals surface area contributed by atoms with Crippen LogP contribution in [0.25, 0.3) is 0 Å². The molecule has 1 N–H and O–H groups in total. The average Bonchev–Trinajstić information content (AvgIpc) is 3.15. The molecule has 0 bridgehead atoms. The van der Waals surface area contributed by atoms with Crippen molar-refractivity contribution in [2.24, 2.45) is 0 Å². The number of rotatable bonds is 8. The molecule has 0 unspecified atom stereocenters. The van der Waals surface area contributed by atoms with E-state index in [0.717, 1.165) is 4.90 Å². The van der Waals surface area contributed by atoms with Crippen molar-refractivity contribution in [2.75, 3.05) is 27.4 Å². The summed E-state index contributed by atoms with van der Waals surface area (Å²) < 4.78 is 16.2. The van der Waals surface area contributed by atoms with Crippen LogP contribution in [0.3, 0.4) is 0 Å². The molecule has 8 nitrogen and oxygen atoms in total. The number of methoxy groups -OCH3 is 2. The number of hydrogen-bond acceptors (Lipinski definition) is 6. The predicted molar refractivity (Wildman–Crippen MR) is 124 cm³/mol. The number of carbonyl (C=O) groups is 2. The quantitative estimate of drug-likeness (QED) is 0.520. The Kier molecular flexibility index (Phi) is 6.37. The van der Waals surface area contributed by atoms with Crippen LogP contribution < -0.4 is 19.5 Å². The monoisotopic (exact) mass is 457 g/mol. The topological polar surface area (TPSA) is 101 Å². The van der Waals surface area contributed by atoms with Gasteiger partial charge < -0.3 is 19.5 Å². The van der Waals surface area contributed by atoms with E-state index in [-0.39, 0.29) is 13.2 Å². The molecule has 172 valence electrons. The molecule has 0 radical (unpaired) electrons. The first-order valence-corrected chi connectivity index (χ1v) is 10.6. The molecule has 1 fully saturated rings. The van der Waals surface area contributed by atoms with Gasteiger partial charge in [-0.1, -0.05) is 24.3 Å². The van der Waals surface area contributed by atoms with Crippen molar-refractivity contribution in [1.29, 1.82) is 5.26 Å². The number of ether oxygens (including phenoxy) is 3. The summed E-state index contributed by atoms with van der Waals surface area (Å²) in [6.07, 6.45) is 0. The second-order valence-corrected chi connectivity index (χ2v) is 7.58. The predicted octanol–water partition coefficient (Wildman–Crippen LogP) is 3.45. The number of urea groups is 1. The molecular weight excluding hydrogens is 434 g/mol. The van der Waals surface area contributed by atoms with E-state index in [1.165, 1.54) is 0 Å². The molecular formula is C26H23N3O5. The van der Waals surface area contributed by atoms with Crippen LogP contribution in [0.4, 0.5) is 4.79 Å². The Bertz CT molecular complexity index is 1170. The molecule has 4 rings (SSSR count). The minimum atomic E-state index is -1.40. The van der Waals surface area contributed by atoms with Gasteiger partial charge in [-0.3, -0.25) is 9.69 Å². The highest BCUT2D eigenvalue weighted by atomic mass is 16.5. The molecule has 3 aromatic carbocycles. The summed E-state index contributed by atoms with van der Waals surface area (Å²) in [6.45, 7) is 0.158. The molecule has 0 aliphatic carbocycles. The molecule has 34 heavy (non-hydrogen) atoms. The van der Waals surface area contributed by atoms with Gasteiger partial charge in [-0.25, -0.2) is 4.79 Å². The molecule has 0 spiro atoms. The summed E-state index contributed by atoms with van der Waals surface area (Å²) >= 11 is 0. The van der Waals surface area contributed by atoms with Crippen molar-refractivity contribution in [2.45, 2.75) is 5.54 Å². The summed E-state index contributed by atoms with van der Waals surface area (Å²) in [6, 6.07) is 22.2. The van der Waals surface area contributed by atoms with Gasteiger partial charge in [0, 0.05) is 0 Å². The Hall–Kier alpha value is -4.51. The third kappa shape index (κ3) is 4.11. The van der Waals surface area contributed by atoms with Gasteiger partial charge in [-0.05, 0) is 59.7 Å². The van der Waals surface area contributed by atoms with E-state index in [0.29, 0.717) is 33.9 Å². The number of benzene rings is 3. The highest BCUT2D eigenvalue weighted by molar-refractivity contribution is 6.09. The SMILES string of the molecule is COc1ccc(C2(c3ccc(OC)cc3)NC(=O)N(CCOc3ccc(C#N)cc3)C2=O)cc1. The minimum absolute atomic E-state index is 0.0543. The smallest absolute Gasteiger partial charge is 0.325 e. The molecule has 3 amide bonds. The zero-order valence-corrected chi connectivity index (χ0v) is 18.8. The second-order valence-electron chi connectivity index (χ2n) is 7.58. The van der Waals surface area contributed by atoms with Crippen LogP contribution in [0.1, 0.15) is 16.7 Å². The number of carbonyl (C=O) groups excluding carboxylic acids is 2. The molecule has 8 heteroatoms. The lowest BCUT2D eigenvalue weighted by molar-refractivity contribution is -0.130. The number of amides is 3. The molecule has 0 atom stereocenters. The van der Waals surface area contributed by atoms with Crippen molar-refractivity contribution in [3.05, 3.63) is 89.5 Å². The van der Waals surface area contributed by atoms with E-state index in [2.05, 4.69) is 5.32 Å². The lowest BCUT2D eigenvalue weighted by Crippen LogP contribution is -2.45. The van der Waals surface area contributed by atoms with E-state index < -0.39 is 17.5 Å². The standard InChI is InChI=1S/C26H23N3O5/c1-32-21-11-5-19(6-12-21)26(20-7-13-22(33-2)14-8-20)24(30)29(25(31)28-26)15-16-34-23-9-3-18(17-27)4-10-23/h3-14H,15-16H2,1-2H3,(H,28,31). The number of imide groups is 1. The van der Waals surface area contributed by atoms with Gasteiger partial charge in [0.05, 0.1) is 32.4 Å². The van der Waals surface area contributed by atoms with Gasteiger partial charge in [0.15, 0.2) is 5.54 Å². The van der Waals surface area contributed by atoms with Crippen molar-refractivity contribution >= 4 is 11.9 Å². The Morgan fingerprint density at radius 2 is 1.32 bits per heavy atom. The first kappa shape index (κ1) is 22.7. The lowest BCUT2D eigenvalue weighted by atomic mass is 9.82. The summed E-state index contributed by atoms with van der Waals surface area (Å²) in [5, 5.41) is 11.8. The minimum Gasteiger partial charge on any atom is -0.497 e. The molecule has 0 aromatic heterocycles. The molecule has 1 saturated heterocycles. The fraction of sp³-hybridized carbons (Fsp3) is 0.192. The van der Waals surface area contributed by atoms with Crippen LogP contribution in [0.15, 0.2) is 72.8 Å². The van der Waals surface area contributed by atoms with Crippen LogP contribution >= 0.6 is 0 Å². The van der Waals surface area contributed by atoms with E-state index in [1.54, 1.807) is 87.0 Å².